The van der Waals surface area contributed by atoms with E-state index in [4.69, 9.17) is 5.73 Å². The third kappa shape index (κ3) is 3.78. The summed E-state index contributed by atoms with van der Waals surface area (Å²) in [5, 5.41) is 0.517. The van der Waals surface area contributed by atoms with Crippen molar-refractivity contribution in [1.29, 1.82) is 0 Å². The molecule has 0 aromatic heterocycles. The average Bonchev–Trinajstić information content (AvgIpc) is 2.19. The topological polar surface area (TPSA) is 26.0 Å². The molecule has 1 aromatic rings. The standard InChI is InChI=1S/C11H15BrFNS/c1-7(2)15-11-4-3-8(5-9(11)12)10(13)6-14/h3-5,7,10H,6,14H2,1-2H3. The van der Waals surface area contributed by atoms with Gasteiger partial charge < -0.3 is 5.73 Å². The maximum atomic E-state index is 13.3. The monoisotopic (exact) mass is 291 g/mol. The van der Waals surface area contributed by atoms with Crippen LogP contribution in [0.25, 0.3) is 0 Å². The number of hydrogen-bond donors (Lipinski definition) is 1. The Balaban J connectivity index is 2.88. The first-order chi connectivity index (χ1) is 7.04. The second-order valence-corrected chi connectivity index (χ2v) is 6.03. The van der Waals surface area contributed by atoms with Crippen molar-refractivity contribution in [3.05, 3.63) is 28.2 Å². The van der Waals surface area contributed by atoms with Gasteiger partial charge >= 0.3 is 0 Å². The van der Waals surface area contributed by atoms with Gasteiger partial charge in [-0.3, -0.25) is 0 Å². The molecule has 0 heterocycles. The smallest absolute Gasteiger partial charge is 0.137 e. The van der Waals surface area contributed by atoms with Crippen LogP contribution in [0.1, 0.15) is 25.6 Å². The molecule has 1 unspecified atom stereocenters. The molecule has 4 heteroatoms. The van der Waals surface area contributed by atoms with E-state index >= 15 is 0 Å². The summed E-state index contributed by atoms with van der Waals surface area (Å²) in [5.41, 5.74) is 5.91. The maximum absolute atomic E-state index is 13.3. The lowest BCUT2D eigenvalue weighted by atomic mass is 10.1. The highest BCUT2D eigenvalue weighted by molar-refractivity contribution is 9.10. The minimum atomic E-state index is -1.07. The van der Waals surface area contributed by atoms with E-state index < -0.39 is 6.17 Å². The van der Waals surface area contributed by atoms with E-state index in [9.17, 15) is 4.39 Å². The lowest BCUT2D eigenvalue weighted by molar-refractivity contribution is 0.352. The summed E-state index contributed by atoms with van der Waals surface area (Å²) in [6.07, 6.45) is -1.07. The second-order valence-electron chi connectivity index (χ2n) is 3.56. The van der Waals surface area contributed by atoms with Gasteiger partial charge in [0.1, 0.15) is 6.17 Å². The van der Waals surface area contributed by atoms with E-state index in [0.717, 1.165) is 9.37 Å². The summed E-state index contributed by atoms with van der Waals surface area (Å²) in [5.74, 6) is 0. The van der Waals surface area contributed by atoms with Crippen molar-refractivity contribution >= 4 is 27.7 Å². The molecule has 0 fully saturated rings. The van der Waals surface area contributed by atoms with Crippen LogP contribution < -0.4 is 5.73 Å². The van der Waals surface area contributed by atoms with Gasteiger partial charge in [0.2, 0.25) is 0 Å². The van der Waals surface area contributed by atoms with Gasteiger partial charge in [-0.15, -0.1) is 11.8 Å². The molecule has 84 valence electrons. The van der Waals surface area contributed by atoms with Crippen molar-refractivity contribution < 1.29 is 4.39 Å². The van der Waals surface area contributed by atoms with Gasteiger partial charge in [0.05, 0.1) is 0 Å². The molecule has 0 aliphatic rings. The van der Waals surface area contributed by atoms with Gasteiger partial charge in [0.15, 0.2) is 0 Å². The zero-order valence-corrected chi connectivity index (χ0v) is 11.2. The number of hydrogen-bond acceptors (Lipinski definition) is 2. The van der Waals surface area contributed by atoms with E-state index in [0.29, 0.717) is 10.8 Å². The number of rotatable bonds is 4. The van der Waals surface area contributed by atoms with Crippen LogP contribution in [0.3, 0.4) is 0 Å². The van der Waals surface area contributed by atoms with Gasteiger partial charge in [-0.2, -0.15) is 0 Å². The molecule has 1 atom stereocenters. The summed E-state index contributed by atoms with van der Waals surface area (Å²) in [4.78, 5) is 1.14. The summed E-state index contributed by atoms with van der Waals surface area (Å²) in [6, 6.07) is 5.54. The second kappa shape index (κ2) is 5.87. The van der Waals surface area contributed by atoms with Crippen LogP contribution >= 0.6 is 27.7 Å². The molecule has 0 bridgehead atoms. The summed E-state index contributed by atoms with van der Waals surface area (Å²) < 4.78 is 14.2. The fourth-order valence-corrected chi connectivity index (χ4v) is 2.70. The molecule has 0 saturated heterocycles. The highest BCUT2D eigenvalue weighted by Gasteiger charge is 2.10. The average molecular weight is 292 g/mol. The molecule has 1 rings (SSSR count). The number of thioether (sulfide) groups is 1. The minimum absolute atomic E-state index is 0.0309. The van der Waals surface area contributed by atoms with Crippen molar-refractivity contribution in [2.24, 2.45) is 5.73 Å². The molecule has 15 heavy (non-hydrogen) atoms. The zero-order chi connectivity index (χ0) is 11.4. The van der Waals surface area contributed by atoms with Crippen LogP contribution in [-0.4, -0.2) is 11.8 Å². The first-order valence-corrected chi connectivity index (χ1v) is 6.52. The van der Waals surface area contributed by atoms with Gasteiger partial charge in [-0.1, -0.05) is 19.9 Å². The molecule has 0 spiro atoms. The van der Waals surface area contributed by atoms with E-state index in [1.807, 2.05) is 12.1 Å². The summed E-state index contributed by atoms with van der Waals surface area (Å²) in [6.45, 7) is 4.29. The quantitative estimate of drug-likeness (QED) is 0.851. The van der Waals surface area contributed by atoms with Crippen LogP contribution in [0.4, 0.5) is 4.39 Å². The van der Waals surface area contributed by atoms with Crippen LogP contribution in [0.5, 0.6) is 0 Å². The molecule has 2 N–H and O–H groups in total. The van der Waals surface area contributed by atoms with Crippen molar-refractivity contribution in [2.45, 2.75) is 30.2 Å². The fraction of sp³-hybridized carbons (Fsp3) is 0.455. The molecular formula is C11H15BrFNS. The third-order valence-corrected chi connectivity index (χ3v) is 3.89. The van der Waals surface area contributed by atoms with Gasteiger partial charge in [-0.25, -0.2) is 4.39 Å². The molecule has 0 radical (unpaired) electrons. The Morgan fingerprint density at radius 1 is 1.47 bits per heavy atom. The lowest BCUT2D eigenvalue weighted by Gasteiger charge is -2.10. The molecule has 0 saturated carbocycles. The van der Waals surface area contributed by atoms with E-state index in [2.05, 4.69) is 29.8 Å². The number of nitrogens with two attached hydrogens (primary N) is 1. The van der Waals surface area contributed by atoms with E-state index in [1.54, 1.807) is 17.8 Å². The van der Waals surface area contributed by atoms with Crippen molar-refractivity contribution in [1.82, 2.24) is 0 Å². The Morgan fingerprint density at radius 3 is 2.60 bits per heavy atom. The number of alkyl halides is 1. The van der Waals surface area contributed by atoms with Gasteiger partial charge in [0.25, 0.3) is 0 Å². The minimum Gasteiger partial charge on any atom is -0.327 e. The van der Waals surface area contributed by atoms with E-state index in [1.165, 1.54) is 0 Å². The Hall–Kier alpha value is -0.0600. The largest absolute Gasteiger partial charge is 0.327 e. The number of halogens is 2. The molecule has 1 nitrogen and oxygen atoms in total. The maximum Gasteiger partial charge on any atom is 0.137 e. The molecule has 0 aliphatic heterocycles. The Kier molecular flexibility index (Phi) is 5.09. The predicted octanol–water partition coefficient (Wildman–Crippen LogP) is 3.92. The normalized spacial score (nSPS) is 13.2. The Morgan fingerprint density at radius 2 is 2.13 bits per heavy atom. The Labute approximate surface area is 103 Å². The SMILES string of the molecule is CC(C)Sc1ccc(C(F)CN)cc1Br. The fourth-order valence-electron chi connectivity index (χ4n) is 1.20. The van der Waals surface area contributed by atoms with Crippen LogP contribution in [0, 0.1) is 0 Å². The predicted molar refractivity (Wildman–Crippen MR) is 68.0 cm³/mol. The highest BCUT2D eigenvalue weighted by Crippen LogP contribution is 2.32. The van der Waals surface area contributed by atoms with Crippen LogP contribution in [-0.2, 0) is 0 Å². The summed E-state index contributed by atoms with van der Waals surface area (Å²) in [7, 11) is 0. The molecule has 1 aromatic carbocycles. The Bertz CT molecular complexity index is 330. The molecule has 0 aliphatic carbocycles. The molecule has 0 amide bonds. The van der Waals surface area contributed by atoms with Crippen LogP contribution in [0.2, 0.25) is 0 Å². The highest BCUT2D eigenvalue weighted by atomic mass is 79.9. The zero-order valence-electron chi connectivity index (χ0n) is 8.84. The van der Waals surface area contributed by atoms with Gasteiger partial charge in [0, 0.05) is 21.2 Å². The third-order valence-electron chi connectivity index (χ3n) is 1.89. The first kappa shape index (κ1) is 13.0. The summed E-state index contributed by atoms with van der Waals surface area (Å²) >= 11 is 5.20. The van der Waals surface area contributed by atoms with Gasteiger partial charge in [-0.05, 0) is 33.6 Å². The molecular weight excluding hydrogens is 277 g/mol. The lowest BCUT2D eigenvalue weighted by Crippen LogP contribution is -2.07. The van der Waals surface area contributed by atoms with Crippen molar-refractivity contribution in [3.63, 3.8) is 0 Å². The number of benzene rings is 1. The van der Waals surface area contributed by atoms with Crippen LogP contribution in [0.15, 0.2) is 27.6 Å². The first-order valence-electron chi connectivity index (χ1n) is 4.84. The van der Waals surface area contributed by atoms with Crippen molar-refractivity contribution in [3.8, 4) is 0 Å². The van der Waals surface area contributed by atoms with Crippen molar-refractivity contribution in [2.75, 3.05) is 6.54 Å². The van der Waals surface area contributed by atoms with E-state index in [-0.39, 0.29) is 6.54 Å².